The minimum atomic E-state index is -1.06. The number of unbranched alkanes of at least 4 members (excludes halogenated alkanes) is 4. The highest BCUT2D eigenvalue weighted by Gasteiger charge is 2.23. The van der Waals surface area contributed by atoms with E-state index in [2.05, 4.69) is 36.1 Å². The van der Waals surface area contributed by atoms with Gasteiger partial charge < -0.3 is 10.0 Å². The number of fused-ring (bicyclic) bond motifs is 2. The molecule has 2 aromatic carbocycles. The summed E-state index contributed by atoms with van der Waals surface area (Å²) in [5, 5.41) is 18.8. The highest BCUT2D eigenvalue weighted by molar-refractivity contribution is 7.99. The fraction of sp³-hybridized carbons (Fsp3) is 0.381. The molecule has 1 N–H and O–H groups in total. The molecular weight excluding hydrogens is 328 g/mol. The van der Waals surface area contributed by atoms with Gasteiger partial charge in [-0.1, -0.05) is 62.6 Å². The third-order valence-corrected chi connectivity index (χ3v) is 5.69. The monoisotopic (exact) mass is 352 g/mol. The van der Waals surface area contributed by atoms with Crippen molar-refractivity contribution in [3.63, 3.8) is 0 Å². The second-order valence-electron chi connectivity index (χ2n) is 6.39. The lowest BCUT2D eigenvalue weighted by Gasteiger charge is -2.33. The summed E-state index contributed by atoms with van der Waals surface area (Å²) in [5.41, 5.74) is 3.09. The summed E-state index contributed by atoms with van der Waals surface area (Å²) in [5.74, 6) is 0. The van der Waals surface area contributed by atoms with Crippen molar-refractivity contribution in [1.82, 2.24) is 0 Å². The van der Waals surface area contributed by atoms with E-state index >= 15 is 0 Å². The van der Waals surface area contributed by atoms with Gasteiger partial charge in [0, 0.05) is 16.3 Å². The van der Waals surface area contributed by atoms with E-state index in [0.29, 0.717) is 5.56 Å². The van der Waals surface area contributed by atoms with Crippen molar-refractivity contribution in [2.45, 2.75) is 54.9 Å². The van der Waals surface area contributed by atoms with E-state index in [4.69, 9.17) is 5.26 Å². The number of hydrogen-bond acceptors (Lipinski definition) is 4. The standard InChI is InChI=1S/C21H24N2OS/c1-2-3-4-5-8-13-23-17-9-6-7-10-20(17)25-21-14-16(19(24)15-22)11-12-18(21)23/h6-7,9-12,14,19,24H,2-5,8,13H2,1H3/t19-/m1/s1. The first kappa shape index (κ1) is 17.8. The van der Waals surface area contributed by atoms with E-state index in [1.807, 2.05) is 24.3 Å². The van der Waals surface area contributed by atoms with Crippen LogP contribution in [0.5, 0.6) is 0 Å². The first-order valence-electron chi connectivity index (χ1n) is 9.00. The zero-order chi connectivity index (χ0) is 17.6. The molecule has 2 aromatic rings. The summed E-state index contributed by atoms with van der Waals surface area (Å²) in [6.07, 6.45) is 5.21. The highest BCUT2D eigenvalue weighted by Crippen LogP contribution is 2.48. The largest absolute Gasteiger partial charge is 0.374 e. The molecule has 1 aliphatic rings. The lowest BCUT2D eigenvalue weighted by Crippen LogP contribution is -2.22. The number of anilines is 2. The number of rotatable bonds is 7. The number of para-hydroxylation sites is 1. The molecule has 130 valence electrons. The van der Waals surface area contributed by atoms with Gasteiger partial charge in [-0.3, -0.25) is 0 Å². The highest BCUT2D eigenvalue weighted by atomic mass is 32.2. The van der Waals surface area contributed by atoms with E-state index in [9.17, 15) is 5.11 Å². The van der Waals surface area contributed by atoms with Crippen molar-refractivity contribution < 1.29 is 5.11 Å². The Hall–Kier alpha value is -1.96. The van der Waals surface area contributed by atoms with E-state index in [1.165, 1.54) is 48.4 Å². The molecule has 0 amide bonds. The number of nitriles is 1. The van der Waals surface area contributed by atoms with Gasteiger partial charge in [-0.25, -0.2) is 0 Å². The maximum Gasteiger partial charge on any atom is 0.165 e. The third kappa shape index (κ3) is 4.00. The van der Waals surface area contributed by atoms with Crippen molar-refractivity contribution in [2.24, 2.45) is 0 Å². The molecule has 3 rings (SSSR count). The Morgan fingerprint density at radius 1 is 1.04 bits per heavy atom. The maximum atomic E-state index is 9.83. The second kappa shape index (κ2) is 8.42. The molecule has 1 heterocycles. The lowest BCUT2D eigenvalue weighted by molar-refractivity contribution is 0.235. The quantitative estimate of drug-likeness (QED) is 0.504. The normalized spacial score (nSPS) is 13.7. The van der Waals surface area contributed by atoms with Gasteiger partial charge >= 0.3 is 0 Å². The molecule has 0 bridgehead atoms. The van der Waals surface area contributed by atoms with E-state index in [-0.39, 0.29) is 0 Å². The second-order valence-corrected chi connectivity index (χ2v) is 7.48. The van der Waals surface area contributed by atoms with Gasteiger partial charge in [-0.2, -0.15) is 5.26 Å². The maximum absolute atomic E-state index is 9.83. The van der Waals surface area contributed by atoms with Crippen LogP contribution in [0.15, 0.2) is 52.3 Å². The number of aliphatic hydroxyl groups excluding tert-OH is 1. The van der Waals surface area contributed by atoms with Crippen LogP contribution in [0.3, 0.4) is 0 Å². The fourth-order valence-electron chi connectivity index (χ4n) is 3.21. The minimum Gasteiger partial charge on any atom is -0.374 e. The summed E-state index contributed by atoms with van der Waals surface area (Å²) >= 11 is 1.71. The van der Waals surface area contributed by atoms with Crippen LogP contribution in [0.1, 0.15) is 50.7 Å². The van der Waals surface area contributed by atoms with Gasteiger partial charge in [0.25, 0.3) is 0 Å². The zero-order valence-corrected chi connectivity index (χ0v) is 15.4. The zero-order valence-electron chi connectivity index (χ0n) is 14.6. The fourth-order valence-corrected chi connectivity index (χ4v) is 4.35. The summed E-state index contributed by atoms with van der Waals surface area (Å²) < 4.78 is 0. The van der Waals surface area contributed by atoms with Crippen LogP contribution >= 0.6 is 11.8 Å². The molecule has 4 heteroatoms. The van der Waals surface area contributed by atoms with Crippen LogP contribution in [0, 0.1) is 11.3 Å². The van der Waals surface area contributed by atoms with Crippen molar-refractivity contribution in [3.05, 3.63) is 48.0 Å². The van der Waals surface area contributed by atoms with Gasteiger partial charge in [0.2, 0.25) is 0 Å². The van der Waals surface area contributed by atoms with Crippen molar-refractivity contribution in [2.75, 3.05) is 11.4 Å². The van der Waals surface area contributed by atoms with Gasteiger partial charge in [0.1, 0.15) is 0 Å². The molecule has 0 radical (unpaired) electrons. The van der Waals surface area contributed by atoms with Crippen LogP contribution in [0.2, 0.25) is 0 Å². The summed E-state index contributed by atoms with van der Waals surface area (Å²) in [6, 6.07) is 16.2. The third-order valence-electron chi connectivity index (χ3n) is 4.57. The number of nitrogens with zero attached hydrogens (tertiary/aromatic N) is 2. The Morgan fingerprint density at radius 2 is 1.80 bits per heavy atom. The Bertz CT molecular complexity index is 769. The molecule has 0 unspecified atom stereocenters. The average molecular weight is 353 g/mol. The van der Waals surface area contributed by atoms with Crippen molar-refractivity contribution in [1.29, 1.82) is 5.26 Å². The summed E-state index contributed by atoms with van der Waals surface area (Å²) in [7, 11) is 0. The lowest BCUT2D eigenvalue weighted by atomic mass is 10.1. The Labute approximate surface area is 154 Å². The van der Waals surface area contributed by atoms with Crippen LogP contribution in [0.25, 0.3) is 0 Å². The summed E-state index contributed by atoms with van der Waals surface area (Å²) in [6.45, 7) is 3.23. The molecule has 1 aliphatic heterocycles. The molecule has 1 atom stereocenters. The van der Waals surface area contributed by atoms with Crippen LogP contribution < -0.4 is 4.90 Å². The first-order valence-corrected chi connectivity index (χ1v) is 9.82. The van der Waals surface area contributed by atoms with Crippen molar-refractivity contribution >= 4 is 23.1 Å². The first-order chi connectivity index (χ1) is 12.2. The van der Waals surface area contributed by atoms with Crippen LogP contribution in [-0.2, 0) is 0 Å². The predicted octanol–water partition coefficient (Wildman–Crippen LogP) is 5.82. The van der Waals surface area contributed by atoms with Gasteiger partial charge in [-0.15, -0.1) is 0 Å². The topological polar surface area (TPSA) is 47.3 Å². The van der Waals surface area contributed by atoms with E-state index in [1.54, 1.807) is 11.8 Å². The number of hydrogen-bond donors (Lipinski definition) is 1. The molecule has 0 spiro atoms. The van der Waals surface area contributed by atoms with Crippen molar-refractivity contribution in [3.8, 4) is 6.07 Å². The molecule has 25 heavy (non-hydrogen) atoms. The van der Waals surface area contributed by atoms with Gasteiger partial charge in [0.05, 0.1) is 17.4 Å². The molecule has 0 saturated heterocycles. The van der Waals surface area contributed by atoms with Crippen LogP contribution in [-0.4, -0.2) is 11.7 Å². The Kier molecular flexibility index (Phi) is 6.01. The molecule has 3 nitrogen and oxygen atoms in total. The molecule has 0 aromatic heterocycles. The smallest absolute Gasteiger partial charge is 0.165 e. The Balaban J connectivity index is 1.86. The molecule has 0 fully saturated rings. The van der Waals surface area contributed by atoms with E-state index < -0.39 is 6.10 Å². The van der Waals surface area contributed by atoms with Gasteiger partial charge in [0.15, 0.2) is 6.10 Å². The Morgan fingerprint density at radius 3 is 2.60 bits per heavy atom. The SMILES string of the molecule is CCCCCCCN1c2ccccc2Sc2cc([C@H](O)C#N)ccc21. The van der Waals surface area contributed by atoms with Gasteiger partial charge in [-0.05, 0) is 36.2 Å². The molecule has 0 saturated carbocycles. The van der Waals surface area contributed by atoms with E-state index in [0.717, 1.165) is 11.4 Å². The van der Waals surface area contributed by atoms with Crippen LogP contribution in [0.4, 0.5) is 11.4 Å². The molecule has 0 aliphatic carbocycles. The number of benzene rings is 2. The average Bonchev–Trinajstić information content (AvgIpc) is 2.66. The predicted molar refractivity (Wildman–Crippen MR) is 103 cm³/mol. The summed E-state index contributed by atoms with van der Waals surface area (Å²) in [4.78, 5) is 4.72. The minimum absolute atomic E-state index is 0.663. The molecular formula is C21H24N2OS. The number of aliphatic hydroxyl groups is 1.